The van der Waals surface area contributed by atoms with E-state index in [0.29, 0.717) is 0 Å². The van der Waals surface area contributed by atoms with E-state index in [0.717, 1.165) is 0 Å². The van der Waals surface area contributed by atoms with Gasteiger partial charge in [-0.25, -0.2) is 0 Å². The molecule has 0 aliphatic heterocycles. The summed E-state index contributed by atoms with van der Waals surface area (Å²) < 4.78 is 122. The van der Waals surface area contributed by atoms with Crippen molar-refractivity contribution < 1.29 is 43.9 Å². The van der Waals surface area contributed by atoms with Crippen molar-refractivity contribution in [1.29, 1.82) is 0 Å². The number of alkyl halides is 10. The van der Waals surface area contributed by atoms with Crippen molar-refractivity contribution in [2.75, 3.05) is 20.1 Å². The van der Waals surface area contributed by atoms with Crippen molar-refractivity contribution >= 4 is 0 Å². The SMILES string of the molecule is CN(CCCCC(F)(F)C(F)(F)F)CCCCC(F)(F)C(F)(F)F. The van der Waals surface area contributed by atoms with Gasteiger partial charge in [0.1, 0.15) is 0 Å². The van der Waals surface area contributed by atoms with Crippen LogP contribution in [0.5, 0.6) is 0 Å². The largest absolute Gasteiger partial charge is 0.453 e. The first kappa shape index (κ1) is 23.3. The summed E-state index contributed by atoms with van der Waals surface area (Å²) >= 11 is 0. The molecular weight excluding hydrogens is 360 g/mol. The van der Waals surface area contributed by atoms with Crippen LogP contribution in [-0.2, 0) is 0 Å². The minimum Gasteiger partial charge on any atom is -0.306 e. The molecule has 0 aromatic rings. The zero-order valence-electron chi connectivity index (χ0n) is 12.9. The molecule has 0 bridgehead atoms. The van der Waals surface area contributed by atoms with Gasteiger partial charge in [0.05, 0.1) is 0 Å². The number of hydrogen-bond acceptors (Lipinski definition) is 1. The second-order valence-corrected chi connectivity index (χ2v) is 5.62. The zero-order chi connectivity index (χ0) is 19.2. The Morgan fingerprint density at radius 1 is 0.542 bits per heavy atom. The van der Waals surface area contributed by atoms with E-state index in [2.05, 4.69) is 0 Å². The first-order chi connectivity index (χ1) is 10.6. The van der Waals surface area contributed by atoms with Gasteiger partial charge in [-0.05, 0) is 45.8 Å². The Hall–Kier alpha value is -0.740. The molecular formula is C13H19F10N. The summed E-state index contributed by atoms with van der Waals surface area (Å²) in [5.74, 6) is -9.51. The molecule has 0 radical (unpaired) electrons. The van der Waals surface area contributed by atoms with Crippen molar-refractivity contribution in [2.45, 2.75) is 62.7 Å². The molecule has 0 rings (SSSR count). The van der Waals surface area contributed by atoms with Gasteiger partial charge >= 0.3 is 24.2 Å². The molecule has 0 aromatic carbocycles. The van der Waals surface area contributed by atoms with E-state index in [1.54, 1.807) is 0 Å². The maximum Gasteiger partial charge on any atom is 0.453 e. The van der Waals surface area contributed by atoms with Crippen molar-refractivity contribution in [1.82, 2.24) is 4.90 Å². The lowest BCUT2D eigenvalue weighted by Gasteiger charge is -2.21. The van der Waals surface area contributed by atoms with Crippen LogP contribution in [0.3, 0.4) is 0 Å². The molecule has 0 saturated heterocycles. The third kappa shape index (κ3) is 7.89. The first-order valence-electron chi connectivity index (χ1n) is 7.18. The highest BCUT2D eigenvalue weighted by Gasteiger charge is 2.57. The monoisotopic (exact) mass is 379 g/mol. The van der Waals surface area contributed by atoms with E-state index < -0.39 is 37.0 Å². The number of nitrogens with zero attached hydrogens (tertiary/aromatic N) is 1. The van der Waals surface area contributed by atoms with Crippen molar-refractivity contribution in [2.24, 2.45) is 0 Å². The van der Waals surface area contributed by atoms with E-state index in [1.807, 2.05) is 0 Å². The second kappa shape index (κ2) is 8.57. The molecule has 0 atom stereocenters. The molecule has 0 aromatic heterocycles. The smallest absolute Gasteiger partial charge is 0.306 e. The maximum atomic E-state index is 12.6. The van der Waals surface area contributed by atoms with Crippen LogP contribution in [0.25, 0.3) is 0 Å². The van der Waals surface area contributed by atoms with E-state index in [1.165, 1.54) is 11.9 Å². The van der Waals surface area contributed by atoms with Gasteiger partial charge in [0.15, 0.2) is 0 Å². The van der Waals surface area contributed by atoms with E-state index >= 15 is 0 Å². The minimum atomic E-state index is -5.59. The number of unbranched alkanes of at least 4 members (excludes halogenated alkanes) is 2. The highest BCUT2D eigenvalue weighted by atomic mass is 19.4. The Kier molecular flexibility index (Phi) is 8.31. The number of hydrogen-bond donors (Lipinski definition) is 0. The van der Waals surface area contributed by atoms with Gasteiger partial charge in [-0.1, -0.05) is 0 Å². The molecule has 0 saturated carbocycles. The number of rotatable bonds is 10. The van der Waals surface area contributed by atoms with Crippen LogP contribution in [0.15, 0.2) is 0 Å². The van der Waals surface area contributed by atoms with Gasteiger partial charge in [-0.15, -0.1) is 0 Å². The highest BCUT2D eigenvalue weighted by molar-refractivity contribution is 4.76. The first-order valence-corrected chi connectivity index (χ1v) is 7.18. The molecule has 1 nitrogen and oxygen atoms in total. The van der Waals surface area contributed by atoms with Gasteiger partial charge in [-0.2, -0.15) is 43.9 Å². The molecule has 0 aliphatic rings. The fraction of sp³-hybridized carbons (Fsp3) is 1.00. The van der Waals surface area contributed by atoms with E-state index in [9.17, 15) is 43.9 Å². The fourth-order valence-corrected chi connectivity index (χ4v) is 1.85. The summed E-state index contributed by atoms with van der Waals surface area (Å²) in [6, 6.07) is 0. The average Bonchev–Trinajstić information content (AvgIpc) is 2.37. The Bertz CT molecular complexity index is 327. The van der Waals surface area contributed by atoms with Crippen LogP contribution >= 0.6 is 0 Å². The Labute approximate surface area is 133 Å². The molecule has 0 N–H and O–H groups in total. The van der Waals surface area contributed by atoms with Crippen LogP contribution in [0.4, 0.5) is 43.9 Å². The van der Waals surface area contributed by atoms with E-state index in [-0.39, 0.29) is 38.8 Å². The Balaban J connectivity index is 3.88. The summed E-state index contributed by atoms with van der Waals surface area (Å²) in [7, 11) is 1.48. The topological polar surface area (TPSA) is 3.24 Å². The van der Waals surface area contributed by atoms with Crippen LogP contribution < -0.4 is 0 Å². The second-order valence-electron chi connectivity index (χ2n) is 5.62. The Morgan fingerprint density at radius 2 is 0.833 bits per heavy atom. The molecule has 146 valence electrons. The molecule has 0 heterocycles. The summed E-state index contributed by atoms with van der Waals surface area (Å²) in [4.78, 5) is 1.48. The van der Waals surface area contributed by atoms with Gasteiger partial charge in [-0.3, -0.25) is 0 Å². The van der Waals surface area contributed by atoms with Crippen LogP contribution in [0.2, 0.25) is 0 Å². The standard InChI is InChI=1S/C13H19F10N/c1-24(8-4-2-6-10(14,15)12(18,19)20)9-5-3-7-11(16,17)13(21,22)23/h2-9H2,1H3. The lowest BCUT2D eigenvalue weighted by atomic mass is 10.1. The molecule has 11 heteroatoms. The average molecular weight is 379 g/mol. The summed E-state index contributed by atoms with van der Waals surface area (Å²) in [6.45, 7) is 0.285. The lowest BCUT2D eigenvalue weighted by Crippen LogP contribution is -2.36. The Morgan fingerprint density at radius 3 is 1.08 bits per heavy atom. The van der Waals surface area contributed by atoms with Crippen molar-refractivity contribution in [3.63, 3.8) is 0 Å². The third-order valence-corrected chi connectivity index (χ3v) is 3.39. The quantitative estimate of drug-likeness (QED) is 0.350. The normalized spacial score (nSPS) is 14.5. The lowest BCUT2D eigenvalue weighted by molar-refractivity contribution is -0.284. The van der Waals surface area contributed by atoms with Crippen molar-refractivity contribution in [3.8, 4) is 0 Å². The van der Waals surface area contributed by atoms with Crippen LogP contribution in [-0.4, -0.2) is 49.2 Å². The number of halogens is 10. The minimum absolute atomic E-state index is 0.0287. The van der Waals surface area contributed by atoms with Gasteiger partial charge < -0.3 is 4.90 Å². The third-order valence-electron chi connectivity index (χ3n) is 3.39. The summed E-state index contributed by atoms with van der Waals surface area (Å²) in [5, 5.41) is 0. The van der Waals surface area contributed by atoms with Crippen molar-refractivity contribution in [3.05, 3.63) is 0 Å². The predicted molar refractivity (Wildman–Crippen MR) is 67.2 cm³/mol. The molecule has 0 spiro atoms. The zero-order valence-corrected chi connectivity index (χ0v) is 12.9. The van der Waals surface area contributed by atoms with Crippen LogP contribution in [0.1, 0.15) is 38.5 Å². The molecule has 24 heavy (non-hydrogen) atoms. The molecule has 0 aliphatic carbocycles. The molecule has 0 amide bonds. The summed E-state index contributed by atoms with van der Waals surface area (Å²) in [6.07, 6.45) is -14.6. The highest BCUT2D eigenvalue weighted by Crippen LogP contribution is 2.40. The fourth-order valence-electron chi connectivity index (χ4n) is 1.85. The van der Waals surface area contributed by atoms with Gasteiger partial charge in [0.25, 0.3) is 0 Å². The van der Waals surface area contributed by atoms with Gasteiger partial charge in [0, 0.05) is 12.8 Å². The van der Waals surface area contributed by atoms with Crippen LogP contribution in [0, 0.1) is 0 Å². The molecule has 0 fully saturated rings. The van der Waals surface area contributed by atoms with Gasteiger partial charge in [0.2, 0.25) is 0 Å². The summed E-state index contributed by atoms with van der Waals surface area (Å²) in [5.41, 5.74) is 0. The maximum absolute atomic E-state index is 12.6. The molecule has 0 unspecified atom stereocenters. The van der Waals surface area contributed by atoms with E-state index in [4.69, 9.17) is 0 Å². The predicted octanol–water partition coefficient (Wildman–Crippen LogP) is 5.65.